The van der Waals surface area contributed by atoms with Crippen molar-refractivity contribution in [1.29, 1.82) is 0 Å². The summed E-state index contributed by atoms with van der Waals surface area (Å²) in [5.74, 6) is -1.25. The number of hydrazone groups is 1. The molecule has 0 saturated carbocycles. The van der Waals surface area contributed by atoms with Gasteiger partial charge in [-0.2, -0.15) is 5.10 Å². The second kappa shape index (κ2) is 6.62. The zero-order valence-electron chi connectivity index (χ0n) is 12.6. The first-order chi connectivity index (χ1) is 10.4. The van der Waals surface area contributed by atoms with Gasteiger partial charge in [0.2, 0.25) is 0 Å². The molecule has 0 aromatic heterocycles. The van der Waals surface area contributed by atoms with Crippen molar-refractivity contribution in [3.05, 3.63) is 63.7 Å². The predicted molar refractivity (Wildman–Crippen MR) is 87.5 cm³/mol. The number of halogens is 1. The number of nitrogens with one attached hydrogen (secondary N) is 1. The number of aryl methyl sites for hydroxylation is 2. The van der Waals surface area contributed by atoms with E-state index in [1.54, 1.807) is 0 Å². The Morgan fingerprint density at radius 3 is 2.55 bits per heavy atom. The number of benzene rings is 2. The zero-order chi connectivity index (χ0) is 16.3. The van der Waals surface area contributed by atoms with Crippen molar-refractivity contribution >= 4 is 29.0 Å². The van der Waals surface area contributed by atoms with Crippen LogP contribution in [0.3, 0.4) is 0 Å². The molecule has 0 amide bonds. The minimum Gasteiger partial charge on any atom is -0.545 e. The molecule has 0 aliphatic carbocycles. The van der Waals surface area contributed by atoms with Gasteiger partial charge in [-0.05, 0) is 44.0 Å². The number of carbonyl (C=O) groups excluding carboxylic acids is 1. The van der Waals surface area contributed by atoms with Crippen LogP contribution in [0.15, 0.2) is 41.5 Å². The lowest BCUT2D eigenvalue weighted by Gasteiger charge is -2.10. The molecule has 0 spiro atoms. The van der Waals surface area contributed by atoms with Crippen molar-refractivity contribution in [3.8, 4) is 0 Å². The number of rotatable bonds is 4. The summed E-state index contributed by atoms with van der Waals surface area (Å²) in [7, 11) is 0. The Morgan fingerprint density at radius 1 is 1.18 bits per heavy atom. The molecule has 0 bridgehead atoms. The molecule has 0 aliphatic rings. The van der Waals surface area contributed by atoms with Crippen molar-refractivity contribution in [1.82, 2.24) is 0 Å². The van der Waals surface area contributed by atoms with Gasteiger partial charge in [-0.15, -0.1) is 0 Å². The molecule has 0 saturated heterocycles. The fourth-order valence-corrected chi connectivity index (χ4v) is 2.32. The minimum absolute atomic E-state index is 0.0475. The smallest absolute Gasteiger partial charge is 0.0754 e. The first kappa shape index (κ1) is 16.0. The number of nitrogens with zero attached hydrogens (tertiary/aromatic N) is 1. The van der Waals surface area contributed by atoms with E-state index >= 15 is 0 Å². The number of hydrogen-bond acceptors (Lipinski definition) is 4. The molecular formula is C17H16ClN2O2-. The highest BCUT2D eigenvalue weighted by molar-refractivity contribution is 6.33. The third kappa shape index (κ3) is 3.65. The Balaban J connectivity index is 2.27. The van der Waals surface area contributed by atoms with Crippen molar-refractivity contribution in [2.24, 2.45) is 5.10 Å². The Morgan fingerprint density at radius 2 is 1.91 bits per heavy atom. The predicted octanol–water partition coefficient (Wildman–Crippen LogP) is 3.16. The van der Waals surface area contributed by atoms with Gasteiger partial charge in [0.25, 0.3) is 0 Å². The Kier molecular flexibility index (Phi) is 4.83. The Bertz CT molecular complexity index is 754. The Labute approximate surface area is 134 Å². The van der Waals surface area contributed by atoms with Crippen molar-refractivity contribution in [3.63, 3.8) is 0 Å². The SMILES string of the molecule is C/C(=N/Nc1cc(C(=O)[O-])ccc1Cl)c1ccc(C)cc1C. The topological polar surface area (TPSA) is 64.5 Å². The number of hydrogen-bond donors (Lipinski definition) is 1. The summed E-state index contributed by atoms with van der Waals surface area (Å²) in [5.41, 5.74) is 7.40. The molecule has 0 unspecified atom stereocenters. The molecule has 0 heterocycles. The van der Waals surface area contributed by atoms with Gasteiger partial charge in [-0.3, -0.25) is 5.43 Å². The molecule has 1 N–H and O–H groups in total. The summed E-state index contributed by atoms with van der Waals surface area (Å²) in [6, 6.07) is 10.4. The maximum atomic E-state index is 10.9. The molecule has 0 atom stereocenters. The van der Waals surface area contributed by atoms with Gasteiger partial charge in [-0.1, -0.05) is 41.4 Å². The third-order valence-electron chi connectivity index (χ3n) is 3.32. The largest absolute Gasteiger partial charge is 0.545 e. The van der Waals surface area contributed by atoms with Gasteiger partial charge >= 0.3 is 0 Å². The van der Waals surface area contributed by atoms with E-state index in [2.05, 4.69) is 16.6 Å². The Hall–Kier alpha value is -2.33. The summed E-state index contributed by atoms with van der Waals surface area (Å²) in [5, 5.41) is 15.6. The number of carboxylic acids is 1. The summed E-state index contributed by atoms with van der Waals surface area (Å²) < 4.78 is 0. The number of anilines is 1. The molecule has 4 nitrogen and oxygen atoms in total. The van der Waals surface area contributed by atoms with E-state index in [9.17, 15) is 9.90 Å². The maximum absolute atomic E-state index is 10.9. The van der Waals surface area contributed by atoms with Crippen LogP contribution in [0.1, 0.15) is 34.0 Å². The van der Waals surface area contributed by atoms with Crippen LogP contribution in [0.4, 0.5) is 5.69 Å². The monoisotopic (exact) mass is 315 g/mol. The fourth-order valence-electron chi connectivity index (χ4n) is 2.16. The average Bonchev–Trinajstić information content (AvgIpc) is 2.45. The molecule has 0 fully saturated rings. The van der Waals surface area contributed by atoms with Gasteiger partial charge in [0, 0.05) is 5.56 Å². The van der Waals surface area contributed by atoms with Gasteiger partial charge < -0.3 is 9.90 Å². The molecule has 114 valence electrons. The van der Waals surface area contributed by atoms with E-state index in [0.717, 1.165) is 16.8 Å². The van der Waals surface area contributed by atoms with Crippen molar-refractivity contribution in [2.45, 2.75) is 20.8 Å². The molecule has 2 rings (SSSR count). The van der Waals surface area contributed by atoms with Crippen LogP contribution in [-0.4, -0.2) is 11.7 Å². The third-order valence-corrected chi connectivity index (χ3v) is 3.65. The quantitative estimate of drug-likeness (QED) is 0.696. The van der Waals surface area contributed by atoms with E-state index in [0.29, 0.717) is 10.7 Å². The minimum atomic E-state index is -1.25. The van der Waals surface area contributed by atoms with Gasteiger partial charge in [0.15, 0.2) is 0 Å². The number of aromatic carboxylic acids is 1. The first-order valence-corrected chi connectivity index (χ1v) is 7.15. The van der Waals surface area contributed by atoms with E-state index in [1.165, 1.54) is 23.8 Å². The lowest BCUT2D eigenvalue weighted by molar-refractivity contribution is -0.255. The van der Waals surface area contributed by atoms with Crippen LogP contribution in [-0.2, 0) is 0 Å². The van der Waals surface area contributed by atoms with Crippen LogP contribution >= 0.6 is 11.6 Å². The molecule has 0 aliphatic heterocycles. The van der Waals surface area contributed by atoms with Crippen LogP contribution in [0, 0.1) is 13.8 Å². The summed E-state index contributed by atoms with van der Waals surface area (Å²) in [6.45, 7) is 5.93. The van der Waals surface area contributed by atoms with Crippen LogP contribution in [0.5, 0.6) is 0 Å². The molecular weight excluding hydrogens is 300 g/mol. The maximum Gasteiger partial charge on any atom is 0.0754 e. The molecule has 2 aromatic rings. The summed E-state index contributed by atoms with van der Waals surface area (Å²) in [4.78, 5) is 10.9. The van der Waals surface area contributed by atoms with Crippen molar-refractivity contribution < 1.29 is 9.90 Å². The molecule has 0 radical (unpaired) electrons. The first-order valence-electron chi connectivity index (χ1n) is 6.77. The number of carbonyl (C=O) groups is 1. The van der Waals surface area contributed by atoms with E-state index in [4.69, 9.17) is 11.6 Å². The standard InChI is InChI=1S/C17H17ClN2O2/c1-10-4-6-14(11(2)8-10)12(3)19-20-16-9-13(17(21)22)5-7-15(16)18/h4-9,20H,1-3H3,(H,21,22)/p-1/b19-12-. The highest BCUT2D eigenvalue weighted by atomic mass is 35.5. The molecule has 5 heteroatoms. The second-order valence-electron chi connectivity index (χ2n) is 5.11. The number of carboxylic acid groups (broad SMARTS) is 1. The highest BCUT2D eigenvalue weighted by Gasteiger charge is 2.05. The second-order valence-corrected chi connectivity index (χ2v) is 5.52. The van der Waals surface area contributed by atoms with Crippen molar-refractivity contribution in [2.75, 3.05) is 5.43 Å². The van der Waals surface area contributed by atoms with Gasteiger partial charge in [0.1, 0.15) is 0 Å². The van der Waals surface area contributed by atoms with Crippen LogP contribution in [0.25, 0.3) is 0 Å². The highest BCUT2D eigenvalue weighted by Crippen LogP contribution is 2.23. The van der Waals surface area contributed by atoms with Crippen LogP contribution in [0.2, 0.25) is 5.02 Å². The van der Waals surface area contributed by atoms with Gasteiger partial charge in [0.05, 0.1) is 22.4 Å². The summed E-state index contributed by atoms with van der Waals surface area (Å²) in [6.07, 6.45) is 0. The van der Waals surface area contributed by atoms with E-state index in [1.807, 2.05) is 32.9 Å². The molecule has 2 aromatic carbocycles. The molecule has 22 heavy (non-hydrogen) atoms. The normalized spacial score (nSPS) is 11.4. The van der Waals surface area contributed by atoms with E-state index < -0.39 is 5.97 Å². The zero-order valence-corrected chi connectivity index (χ0v) is 13.4. The van der Waals surface area contributed by atoms with E-state index in [-0.39, 0.29) is 5.56 Å². The fraction of sp³-hybridized carbons (Fsp3) is 0.176. The van der Waals surface area contributed by atoms with Gasteiger partial charge in [-0.25, -0.2) is 0 Å². The van der Waals surface area contributed by atoms with Crippen LogP contribution < -0.4 is 10.5 Å². The lowest BCUT2D eigenvalue weighted by atomic mass is 10.0. The lowest BCUT2D eigenvalue weighted by Crippen LogP contribution is -2.22. The average molecular weight is 316 g/mol. The summed E-state index contributed by atoms with van der Waals surface area (Å²) >= 11 is 6.04.